The van der Waals surface area contributed by atoms with E-state index in [1.807, 2.05) is 0 Å². The van der Waals surface area contributed by atoms with Crippen LogP contribution in [-0.2, 0) is 0 Å². The van der Waals surface area contributed by atoms with Gasteiger partial charge in [-0.3, -0.25) is 0 Å². The summed E-state index contributed by atoms with van der Waals surface area (Å²) in [5.41, 5.74) is 3.89. The molecular weight excluding hydrogens is 186 g/mol. The molecule has 2 atom stereocenters. The number of rotatable bonds is 2. The third kappa shape index (κ3) is 1.63. The van der Waals surface area contributed by atoms with E-state index in [9.17, 15) is 0 Å². The Labute approximate surface area is 91.6 Å². The third-order valence-corrected chi connectivity index (χ3v) is 3.24. The minimum atomic E-state index is 0.237. The van der Waals surface area contributed by atoms with E-state index in [1.165, 1.54) is 16.7 Å². The van der Waals surface area contributed by atoms with E-state index in [0.717, 1.165) is 12.3 Å². The zero-order valence-corrected chi connectivity index (χ0v) is 9.92. The summed E-state index contributed by atoms with van der Waals surface area (Å²) in [7, 11) is 0. The molecule has 2 rings (SSSR count). The summed E-state index contributed by atoms with van der Waals surface area (Å²) in [5, 5.41) is 3.47. The molecule has 2 nitrogen and oxygen atoms in total. The van der Waals surface area contributed by atoms with Crippen LogP contribution in [-0.4, -0.2) is 12.6 Å². The molecule has 82 valence electrons. The number of ether oxygens (including phenoxy) is 1. The standard InChI is InChI=1S/C13H19NO/c1-5-14-12-10(4)15-13-9(3)8(2)6-7-11(12)13/h6-7,10,12,14H,5H2,1-4H3. The average Bonchev–Trinajstić information content (AvgIpc) is 2.52. The van der Waals surface area contributed by atoms with Crippen molar-refractivity contribution in [3.8, 4) is 5.75 Å². The van der Waals surface area contributed by atoms with Gasteiger partial charge < -0.3 is 10.1 Å². The van der Waals surface area contributed by atoms with Gasteiger partial charge in [-0.05, 0) is 38.4 Å². The van der Waals surface area contributed by atoms with Gasteiger partial charge in [0.2, 0.25) is 0 Å². The highest BCUT2D eigenvalue weighted by Crippen LogP contribution is 2.39. The van der Waals surface area contributed by atoms with Crippen LogP contribution in [0.2, 0.25) is 0 Å². The van der Waals surface area contributed by atoms with E-state index in [4.69, 9.17) is 4.74 Å². The molecule has 0 aliphatic carbocycles. The van der Waals surface area contributed by atoms with Crippen molar-refractivity contribution >= 4 is 0 Å². The molecule has 0 radical (unpaired) electrons. The summed E-state index contributed by atoms with van der Waals surface area (Å²) in [6.45, 7) is 9.50. The predicted octanol–water partition coefficient (Wildman–Crippen LogP) is 2.73. The highest BCUT2D eigenvalue weighted by molar-refractivity contribution is 5.49. The first-order valence-electron chi connectivity index (χ1n) is 5.65. The van der Waals surface area contributed by atoms with Crippen molar-refractivity contribution in [1.29, 1.82) is 0 Å². The molecule has 0 fully saturated rings. The molecule has 0 spiro atoms. The maximum absolute atomic E-state index is 5.92. The van der Waals surface area contributed by atoms with Crippen LogP contribution in [0.1, 0.15) is 36.6 Å². The summed E-state index contributed by atoms with van der Waals surface area (Å²) in [5.74, 6) is 1.09. The Balaban J connectivity index is 2.42. The van der Waals surface area contributed by atoms with Gasteiger partial charge in [-0.15, -0.1) is 0 Å². The predicted molar refractivity (Wildman–Crippen MR) is 62.4 cm³/mol. The van der Waals surface area contributed by atoms with Gasteiger partial charge in [0.1, 0.15) is 11.9 Å². The van der Waals surface area contributed by atoms with Crippen LogP contribution in [0.25, 0.3) is 0 Å². The number of benzene rings is 1. The lowest BCUT2D eigenvalue weighted by Gasteiger charge is -2.15. The van der Waals surface area contributed by atoms with Crippen molar-refractivity contribution in [2.24, 2.45) is 0 Å². The van der Waals surface area contributed by atoms with Crippen LogP contribution >= 0.6 is 0 Å². The molecule has 1 N–H and O–H groups in total. The van der Waals surface area contributed by atoms with E-state index in [0.29, 0.717) is 6.04 Å². The van der Waals surface area contributed by atoms with Crippen molar-refractivity contribution in [3.05, 3.63) is 28.8 Å². The highest BCUT2D eigenvalue weighted by Gasteiger charge is 2.31. The fraction of sp³-hybridized carbons (Fsp3) is 0.538. The van der Waals surface area contributed by atoms with Crippen molar-refractivity contribution in [3.63, 3.8) is 0 Å². The van der Waals surface area contributed by atoms with E-state index in [1.54, 1.807) is 0 Å². The third-order valence-electron chi connectivity index (χ3n) is 3.24. The molecule has 1 heterocycles. The van der Waals surface area contributed by atoms with Gasteiger partial charge >= 0.3 is 0 Å². The molecule has 15 heavy (non-hydrogen) atoms. The van der Waals surface area contributed by atoms with Gasteiger partial charge in [-0.2, -0.15) is 0 Å². The SMILES string of the molecule is CCNC1c2ccc(C)c(C)c2OC1C. The molecular formula is C13H19NO. The fourth-order valence-corrected chi connectivity index (χ4v) is 2.22. The molecule has 0 saturated heterocycles. The minimum Gasteiger partial charge on any atom is -0.488 e. The van der Waals surface area contributed by atoms with E-state index in [2.05, 4.69) is 45.1 Å². The fourth-order valence-electron chi connectivity index (χ4n) is 2.22. The second-order valence-corrected chi connectivity index (χ2v) is 4.28. The monoisotopic (exact) mass is 205 g/mol. The number of likely N-dealkylation sites (N-methyl/N-ethyl adjacent to an activating group) is 1. The first kappa shape index (κ1) is 10.5. The molecule has 0 bridgehead atoms. The van der Waals surface area contributed by atoms with Crippen LogP contribution in [0.3, 0.4) is 0 Å². The summed E-state index contributed by atoms with van der Waals surface area (Å²) < 4.78 is 5.92. The van der Waals surface area contributed by atoms with Gasteiger partial charge in [-0.25, -0.2) is 0 Å². The summed E-state index contributed by atoms with van der Waals surface area (Å²) in [4.78, 5) is 0. The molecule has 1 aromatic carbocycles. The van der Waals surface area contributed by atoms with Crippen molar-refractivity contribution in [2.75, 3.05) is 6.54 Å². The second-order valence-electron chi connectivity index (χ2n) is 4.28. The first-order valence-corrected chi connectivity index (χ1v) is 5.65. The van der Waals surface area contributed by atoms with Gasteiger partial charge in [0.15, 0.2) is 0 Å². The van der Waals surface area contributed by atoms with Crippen LogP contribution in [0, 0.1) is 13.8 Å². The normalized spacial score (nSPS) is 23.7. The Bertz CT molecular complexity index is 373. The lowest BCUT2D eigenvalue weighted by Crippen LogP contribution is -2.28. The lowest BCUT2D eigenvalue weighted by atomic mass is 9.99. The molecule has 0 aromatic heterocycles. The van der Waals surface area contributed by atoms with E-state index in [-0.39, 0.29) is 6.10 Å². The van der Waals surface area contributed by atoms with Crippen LogP contribution in [0.15, 0.2) is 12.1 Å². The van der Waals surface area contributed by atoms with Gasteiger partial charge in [0.05, 0.1) is 6.04 Å². The minimum absolute atomic E-state index is 0.237. The molecule has 2 unspecified atom stereocenters. The Morgan fingerprint density at radius 2 is 2.07 bits per heavy atom. The smallest absolute Gasteiger partial charge is 0.127 e. The van der Waals surface area contributed by atoms with E-state index >= 15 is 0 Å². The van der Waals surface area contributed by atoms with Crippen LogP contribution < -0.4 is 10.1 Å². The number of hydrogen-bond donors (Lipinski definition) is 1. The molecule has 1 aliphatic rings. The second kappa shape index (κ2) is 3.86. The number of hydrogen-bond acceptors (Lipinski definition) is 2. The van der Waals surface area contributed by atoms with Gasteiger partial charge in [0.25, 0.3) is 0 Å². The Morgan fingerprint density at radius 3 is 2.73 bits per heavy atom. The quantitative estimate of drug-likeness (QED) is 0.801. The number of aryl methyl sites for hydroxylation is 1. The average molecular weight is 205 g/mol. The molecule has 0 saturated carbocycles. The zero-order chi connectivity index (χ0) is 11.0. The molecule has 1 aliphatic heterocycles. The molecule has 0 amide bonds. The lowest BCUT2D eigenvalue weighted by molar-refractivity contribution is 0.210. The number of fused-ring (bicyclic) bond motifs is 1. The first-order chi connectivity index (χ1) is 7.15. The Kier molecular flexibility index (Phi) is 2.70. The van der Waals surface area contributed by atoms with Gasteiger partial charge in [0, 0.05) is 5.56 Å². The van der Waals surface area contributed by atoms with Crippen LogP contribution in [0.4, 0.5) is 0 Å². The maximum Gasteiger partial charge on any atom is 0.127 e. The van der Waals surface area contributed by atoms with Crippen molar-refractivity contribution < 1.29 is 4.74 Å². The van der Waals surface area contributed by atoms with Gasteiger partial charge in [-0.1, -0.05) is 19.1 Å². The largest absolute Gasteiger partial charge is 0.488 e. The Hall–Kier alpha value is -1.02. The van der Waals surface area contributed by atoms with Crippen molar-refractivity contribution in [2.45, 2.75) is 39.8 Å². The maximum atomic E-state index is 5.92. The van der Waals surface area contributed by atoms with Crippen molar-refractivity contribution in [1.82, 2.24) is 5.32 Å². The topological polar surface area (TPSA) is 21.3 Å². The van der Waals surface area contributed by atoms with Crippen LogP contribution in [0.5, 0.6) is 5.75 Å². The summed E-state index contributed by atoms with van der Waals surface area (Å²) in [6, 6.07) is 4.72. The van der Waals surface area contributed by atoms with E-state index < -0.39 is 0 Å². The summed E-state index contributed by atoms with van der Waals surface area (Å²) in [6.07, 6.45) is 0.237. The molecule has 2 heteroatoms. The summed E-state index contributed by atoms with van der Waals surface area (Å²) >= 11 is 0. The number of nitrogens with one attached hydrogen (secondary N) is 1. The zero-order valence-electron chi connectivity index (χ0n) is 9.92. The molecule has 1 aromatic rings. The highest BCUT2D eigenvalue weighted by atomic mass is 16.5. The Morgan fingerprint density at radius 1 is 1.33 bits per heavy atom.